The fourth-order valence-corrected chi connectivity index (χ4v) is 5.10. The molecule has 0 amide bonds. The molecule has 1 atom stereocenters. The van der Waals surface area contributed by atoms with Crippen molar-refractivity contribution >= 4 is 10.0 Å². The maximum absolute atomic E-state index is 12.9. The molecule has 2 aromatic rings. The summed E-state index contributed by atoms with van der Waals surface area (Å²) in [5, 5.41) is 4.16. The Morgan fingerprint density at radius 2 is 2.08 bits per heavy atom. The van der Waals surface area contributed by atoms with Crippen LogP contribution in [0.25, 0.3) is 0 Å². The molecule has 136 valence electrons. The molecule has 0 aromatic carbocycles. The van der Waals surface area contributed by atoms with Crippen molar-refractivity contribution in [1.29, 1.82) is 0 Å². The number of hydrogen-bond donors (Lipinski definition) is 0. The predicted octanol–water partition coefficient (Wildman–Crippen LogP) is 1.77. The Bertz CT molecular complexity index is 849. The van der Waals surface area contributed by atoms with E-state index in [9.17, 15) is 8.42 Å². The van der Waals surface area contributed by atoms with Gasteiger partial charge < -0.3 is 9.09 Å². The van der Waals surface area contributed by atoms with E-state index in [1.54, 1.807) is 29.0 Å². The van der Waals surface area contributed by atoms with Crippen LogP contribution in [0.1, 0.15) is 55.6 Å². The van der Waals surface area contributed by atoms with Crippen LogP contribution in [-0.4, -0.2) is 45.0 Å². The monoisotopic (exact) mass is 365 g/mol. The normalized spacial score (nSPS) is 21.9. The third kappa shape index (κ3) is 3.22. The second-order valence-corrected chi connectivity index (χ2v) is 8.85. The van der Waals surface area contributed by atoms with Crippen molar-refractivity contribution < 1.29 is 12.9 Å². The van der Waals surface area contributed by atoms with E-state index in [2.05, 4.69) is 15.1 Å². The molecule has 3 heterocycles. The molecular formula is C16H23N5O3S. The molecule has 2 aliphatic rings. The number of sulfonamides is 1. The van der Waals surface area contributed by atoms with Crippen molar-refractivity contribution in [3.05, 3.63) is 23.7 Å². The highest BCUT2D eigenvalue weighted by Gasteiger charge is 2.37. The minimum atomic E-state index is -3.56. The van der Waals surface area contributed by atoms with Gasteiger partial charge in [-0.3, -0.25) is 0 Å². The number of aromatic nitrogens is 4. The van der Waals surface area contributed by atoms with Gasteiger partial charge >= 0.3 is 0 Å². The molecule has 0 N–H and O–H groups in total. The number of nitrogens with zero attached hydrogens (tertiary/aromatic N) is 5. The zero-order valence-electron chi connectivity index (χ0n) is 14.6. The van der Waals surface area contributed by atoms with Crippen LogP contribution < -0.4 is 0 Å². The Labute approximate surface area is 147 Å². The van der Waals surface area contributed by atoms with Crippen LogP contribution in [0.15, 0.2) is 15.7 Å². The number of aryl methyl sites for hydroxylation is 3. The first-order chi connectivity index (χ1) is 11.9. The van der Waals surface area contributed by atoms with Gasteiger partial charge in [0, 0.05) is 38.2 Å². The van der Waals surface area contributed by atoms with Gasteiger partial charge in [0.05, 0.1) is 0 Å². The number of hydrogen-bond acceptors (Lipinski definition) is 6. The quantitative estimate of drug-likeness (QED) is 0.774. The van der Waals surface area contributed by atoms with Gasteiger partial charge in [-0.2, -0.15) is 9.29 Å². The highest BCUT2D eigenvalue weighted by Crippen LogP contribution is 2.39. The molecule has 1 unspecified atom stereocenters. The van der Waals surface area contributed by atoms with Crippen molar-refractivity contribution in [1.82, 2.24) is 24.0 Å². The molecule has 1 aliphatic heterocycles. The van der Waals surface area contributed by atoms with Gasteiger partial charge in [0.2, 0.25) is 5.89 Å². The molecule has 8 nitrogen and oxygen atoms in total. The maximum Gasteiger partial charge on any atom is 0.262 e. The van der Waals surface area contributed by atoms with Crippen LogP contribution in [0.5, 0.6) is 0 Å². The molecule has 2 aromatic heterocycles. The third-order valence-electron chi connectivity index (χ3n) is 5.09. The molecule has 9 heteroatoms. The lowest BCUT2D eigenvalue weighted by Gasteiger charge is -2.22. The fraction of sp³-hybridized carbons (Fsp3) is 0.688. The smallest absolute Gasteiger partial charge is 0.262 e. The SMILES string of the molecule is Cc1nc(S(=O)(=O)N2CCCC2CCc2noc(C3CC3)n2)cn1C. The van der Waals surface area contributed by atoms with E-state index in [0.29, 0.717) is 37.0 Å². The van der Waals surface area contributed by atoms with Crippen molar-refractivity contribution in [3.8, 4) is 0 Å². The minimum absolute atomic E-state index is 0.0322. The maximum atomic E-state index is 12.9. The van der Waals surface area contributed by atoms with Crippen molar-refractivity contribution in [2.75, 3.05) is 6.54 Å². The average molecular weight is 365 g/mol. The first-order valence-corrected chi connectivity index (χ1v) is 10.2. The van der Waals surface area contributed by atoms with E-state index in [0.717, 1.165) is 31.6 Å². The summed E-state index contributed by atoms with van der Waals surface area (Å²) in [6, 6.07) is -0.0322. The molecule has 1 saturated carbocycles. The summed E-state index contributed by atoms with van der Waals surface area (Å²) in [4.78, 5) is 8.63. The van der Waals surface area contributed by atoms with E-state index in [4.69, 9.17) is 4.52 Å². The highest BCUT2D eigenvalue weighted by molar-refractivity contribution is 7.89. The van der Waals surface area contributed by atoms with Crippen molar-refractivity contribution in [2.45, 2.75) is 62.4 Å². The van der Waals surface area contributed by atoms with Gasteiger partial charge in [-0.05, 0) is 39.0 Å². The summed E-state index contributed by atoms with van der Waals surface area (Å²) in [7, 11) is -1.75. The van der Waals surface area contributed by atoms with Gasteiger partial charge in [-0.25, -0.2) is 13.4 Å². The first-order valence-electron chi connectivity index (χ1n) is 8.79. The highest BCUT2D eigenvalue weighted by atomic mass is 32.2. The first kappa shape index (κ1) is 16.7. The van der Waals surface area contributed by atoms with Gasteiger partial charge in [-0.15, -0.1) is 0 Å². The van der Waals surface area contributed by atoms with Gasteiger partial charge in [0.1, 0.15) is 5.82 Å². The summed E-state index contributed by atoms with van der Waals surface area (Å²) in [5.74, 6) is 2.54. The van der Waals surface area contributed by atoms with Crippen molar-refractivity contribution in [3.63, 3.8) is 0 Å². The second kappa shape index (κ2) is 6.21. The Balaban J connectivity index is 1.45. The Morgan fingerprint density at radius 1 is 1.28 bits per heavy atom. The van der Waals surface area contributed by atoms with Crippen LogP contribution in [-0.2, 0) is 23.5 Å². The Morgan fingerprint density at radius 3 is 2.76 bits per heavy atom. The lowest BCUT2D eigenvalue weighted by atomic mass is 10.1. The molecule has 1 saturated heterocycles. The third-order valence-corrected chi connectivity index (χ3v) is 6.92. The summed E-state index contributed by atoms with van der Waals surface area (Å²) < 4.78 is 34.5. The van der Waals surface area contributed by atoms with Crippen molar-refractivity contribution in [2.24, 2.45) is 7.05 Å². The average Bonchev–Trinajstić information content (AvgIpc) is 2.98. The van der Waals surface area contributed by atoms with Crippen LogP contribution in [0, 0.1) is 6.92 Å². The van der Waals surface area contributed by atoms with Gasteiger partial charge in [-0.1, -0.05) is 5.16 Å². The second-order valence-electron chi connectivity index (χ2n) is 7.01. The minimum Gasteiger partial charge on any atom is -0.339 e. The zero-order valence-corrected chi connectivity index (χ0v) is 15.4. The van der Waals surface area contributed by atoms with E-state index in [1.807, 2.05) is 0 Å². The zero-order chi connectivity index (χ0) is 17.6. The Kier molecular flexibility index (Phi) is 4.15. The molecule has 0 spiro atoms. The molecule has 0 bridgehead atoms. The molecular weight excluding hydrogens is 342 g/mol. The summed E-state index contributed by atoms with van der Waals surface area (Å²) in [6.07, 6.45) is 6.90. The number of rotatable bonds is 6. The summed E-state index contributed by atoms with van der Waals surface area (Å²) >= 11 is 0. The number of imidazole rings is 1. The standard InChI is InChI=1S/C16H23N5O3S/c1-11-17-15(10-20(11)2)25(22,23)21-9-3-4-13(21)7-8-14-18-16(24-19-14)12-5-6-12/h10,12-13H,3-9H2,1-2H3. The van der Waals surface area contributed by atoms with Crippen LogP contribution >= 0.6 is 0 Å². The van der Waals surface area contributed by atoms with E-state index in [-0.39, 0.29) is 11.1 Å². The summed E-state index contributed by atoms with van der Waals surface area (Å²) in [5.41, 5.74) is 0. The van der Waals surface area contributed by atoms with Gasteiger partial charge in [0.15, 0.2) is 10.9 Å². The van der Waals surface area contributed by atoms with E-state index in [1.165, 1.54) is 0 Å². The molecule has 4 rings (SSSR count). The van der Waals surface area contributed by atoms with Crippen LogP contribution in [0.4, 0.5) is 0 Å². The molecule has 1 aliphatic carbocycles. The fourth-order valence-electron chi connectivity index (χ4n) is 3.35. The molecule has 2 fully saturated rings. The summed E-state index contributed by atoms with van der Waals surface area (Å²) in [6.45, 7) is 2.34. The van der Waals surface area contributed by atoms with E-state index < -0.39 is 10.0 Å². The predicted molar refractivity (Wildman–Crippen MR) is 89.5 cm³/mol. The topological polar surface area (TPSA) is 94.1 Å². The van der Waals surface area contributed by atoms with E-state index >= 15 is 0 Å². The lowest BCUT2D eigenvalue weighted by molar-refractivity contribution is 0.357. The van der Waals surface area contributed by atoms with Crippen LogP contribution in [0.3, 0.4) is 0 Å². The van der Waals surface area contributed by atoms with Crippen LogP contribution in [0.2, 0.25) is 0 Å². The largest absolute Gasteiger partial charge is 0.339 e. The lowest BCUT2D eigenvalue weighted by Crippen LogP contribution is -2.36. The molecule has 0 radical (unpaired) electrons. The van der Waals surface area contributed by atoms with Gasteiger partial charge in [0.25, 0.3) is 10.0 Å². The Hall–Kier alpha value is -1.74. The molecule has 25 heavy (non-hydrogen) atoms.